The molecule has 0 saturated carbocycles. The molecule has 2 heterocycles. The van der Waals surface area contributed by atoms with Crippen LogP contribution in [-0.4, -0.2) is 41.6 Å². The smallest absolute Gasteiger partial charge is 0.338 e. The molecular formula is C23H32N4O4. The average molecular weight is 429 g/mol. The van der Waals surface area contributed by atoms with Crippen molar-refractivity contribution in [3.63, 3.8) is 0 Å². The summed E-state index contributed by atoms with van der Waals surface area (Å²) in [5.74, 6) is 1.48. The number of anilines is 1. The Labute approximate surface area is 183 Å². The second kappa shape index (κ2) is 10.8. The van der Waals surface area contributed by atoms with E-state index < -0.39 is 6.04 Å². The molecule has 0 bridgehead atoms. The highest BCUT2D eigenvalue weighted by Crippen LogP contribution is 2.40. The number of methoxy groups -OCH3 is 2. The van der Waals surface area contributed by atoms with Crippen molar-refractivity contribution >= 4 is 11.9 Å². The zero-order valence-corrected chi connectivity index (χ0v) is 18.8. The van der Waals surface area contributed by atoms with Gasteiger partial charge in [0.15, 0.2) is 0 Å². The van der Waals surface area contributed by atoms with Crippen molar-refractivity contribution in [2.75, 3.05) is 26.1 Å². The van der Waals surface area contributed by atoms with E-state index >= 15 is 0 Å². The van der Waals surface area contributed by atoms with E-state index in [0.29, 0.717) is 35.3 Å². The highest BCUT2D eigenvalue weighted by molar-refractivity contribution is 5.92. The molecule has 168 valence electrons. The molecule has 8 nitrogen and oxygen atoms in total. The second-order valence-electron chi connectivity index (χ2n) is 7.61. The molecular weight excluding hydrogens is 396 g/mol. The molecule has 3 rings (SSSR count). The summed E-state index contributed by atoms with van der Waals surface area (Å²) in [7, 11) is 3.20. The number of nitrogens with one attached hydrogen (secondary N) is 1. The highest BCUT2D eigenvalue weighted by Gasteiger charge is 2.36. The molecule has 1 aromatic heterocycles. The lowest BCUT2D eigenvalue weighted by Crippen LogP contribution is -2.30. The summed E-state index contributed by atoms with van der Waals surface area (Å²) < 4.78 is 18.3. The van der Waals surface area contributed by atoms with Crippen molar-refractivity contribution in [2.45, 2.75) is 58.4 Å². The standard InChI is InChI=1S/C23H32N4O4/c1-5-6-7-8-9-10-13-31-22(28)20-16(2)26-23-24-15-25-27(23)21(20)18-14-17(29-3)11-12-19(18)30-4/h11-12,14-15,21H,5-10,13H2,1-4H3,(H,24,25,26)/t21-/m0/s1. The largest absolute Gasteiger partial charge is 0.497 e. The Morgan fingerprint density at radius 1 is 1.13 bits per heavy atom. The van der Waals surface area contributed by atoms with E-state index in [4.69, 9.17) is 14.2 Å². The lowest BCUT2D eigenvalue weighted by Gasteiger charge is -2.29. The van der Waals surface area contributed by atoms with Gasteiger partial charge in [-0.2, -0.15) is 10.1 Å². The van der Waals surface area contributed by atoms with E-state index in [1.54, 1.807) is 18.9 Å². The number of aromatic nitrogens is 3. The number of allylic oxidation sites excluding steroid dienone is 1. The van der Waals surface area contributed by atoms with E-state index in [9.17, 15) is 4.79 Å². The van der Waals surface area contributed by atoms with Crippen LogP contribution in [0.15, 0.2) is 35.8 Å². The third-order valence-corrected chi connectivity index (χ3v) is 5.48. The maximum absolute atomic E-state index is 13.2. The van der Waals surface area contributed by atoms with Gasteiger partial charge in [-0.25, -0.2) is 9.48 Å². The molecule has 0 amide bonds. The van der Waals surface area contributed by atoms with Crippen molar-refractivity contribution in [3.05, 3.63) is 41.4 Å². The Bertz CT molecular complexity index is 922. The lowest BCUT2D eigenvalue weighted by atomic mass is 9.94. The van der Waals surface area contributed by atoms with Crippen LogP contribution >= 0.6 is 0 Å². The fourth-order valence-corrected chi connectivity index (χ4v) is 3.82. The quantitative estimate of drug-likeness (QED) is 0.417. The summed E-state index contributed by atoms with van der Waals surface area (Å²) in [6.45, 7) is 4.44. The highest BCUT2D eigenvalue weighted by atomic mass is 16.5. The fraction of sp³-hybridized carbons (Fsp3) is 0.522. The summed E-state index contributed by atoms with van der Waals surface area (Å²) in [6.07, 6.45) is 8.24. The fourth-order valence-electron chi connectivity index (χ4n) is 3.82. The van der Waals surface area contributed by atoms with Gasteiger partial charge in [-0.15, -0.1) is 0 Å². The van der Waals surface area contributed by atoms with E-state index in [0.717, 1.165) is 18.4 Å². The number of esters is 1. The predicted octanol–water partition coefficient (Wildman–Crippen LogP) is 4.49. The number of fused-ring (bicyclic) bond motifs is 1. The van der Waals surface area contributed by atoms with Crippen LogP contribution in [0.3, 0.4) is 0 Å². The minimum Gasteiger partial charge on any atom is -0.497 e. The number of unbranched alkanes of at least 4 members (excludes halogenated alkanes) is 5. The summed E-state index contributed by atoms with van der Waals surface area (Å²) in [5.41, 5.74) is 1.92. The van der Waals surface area contributed by atoms with Gasteiger partial charge in [0, 0.05) is 11.3 Å². The number of carbonyl (C=O) groups is 1. The number of ether oxygens (including phenoxy) is 3. The molecule has 1 aromatic carbocycles. The maximum atomic E-state index is 13.2. The Kier molecular flexibility index (Phi) is 7.92. The first-order chi connectivity index (χ1) is 15.1. The van der Waals surface area contributed by atoms with E-state index in [-0.39, 0.29) is 5.97 Å². The molecule has 0 unspecified atom stereocenters. The predicted molar refractivity (Wildman–Crippen MR) is 118 cm³/mol. The average Bonchev–Trinajstić information content (AvgIpc) is 3.24. The third kappa shape index (κ3) is 5.18. The first kappa shape index (κ1) is 22.7. The Balaban J connectivity index is 1.84. The van der Waals surface area contributed by atoms with Gasteiger partial charge < -0.3 is 19.5 Å². The van der Waals surface area contributed by atoms with Crippen molar-refractivity contribution in [2.24, 2.45) is 0 Å². The first-order valence-corrected chi connectivity index (χ1v) is 10.9. The molecule has 1 N–H and O–H groups in total. The molecule has 1 atom stereocenters. The molecule has 0 aliphatic carbocycles. The van der Waals surface area contributed by atoms with Gasteiger partial charge in [-0.3, -0.25) is 0 Å². The number of benzene rings is 1. The minimum atomic E-state index is -0.541. The SMILES string of the molecule is CCCCCCCCOC(=O)C1=C(C)Nc2ncnn2[C@H]1c1cc(OC)ccc1OC. The molecule has 0 saturated heterocycles. The topological polar surface area (TPSA) is 87.5 Å². The van der Waals surface area contributed by atoms with Crippen LogP contribution in [0.1, 0.15) is 64.0 Å². The van der Waals surface area contributed by atoms with Crippen LogP contribution in [0.5, 0.6) is 11.5 Å². The molecule has 31 heavy (non-hydrogen) atoms. The number of carbonyl (C=O) groups excluding carboxylic acids is 1. The van der Waals surface area contributed by atoms with Gasteiger partial charge in [0.1, 0.15) is 23.9 Å². The lowest BCUT2D eigenvalue weighted by molar-refractivity contribution is -0.139. The molecule has 8 heteroatoms. The molecule has 0 spiro atoms. The van der Waals surface area contributed by atoms with Crippen LogP contribution in [0.4, 0.5) is 5.95 Å². The molecule has 2 aromatic rings. The molecule has 0 radical (unpaired) electrons. The normalized spacial score (nSPS) is 15.3. The Morgan fingerprint density at radius 2 is 1.90 bits per heavy atom. The van der Waals surface area contributed by atoms with Crippen LogP contribution in [-0.2, 0) is 9.53 Å². The first-order valence-electron chi connectivity index (χ1n) is 10.9. The van der Waals surface area contributed by atoms with Crippen LogP contribution in [0.25, 0.3) is 0 Å². The van der Waals surface area contributed by atoms with E-state index in [1.807, 2.05) is 25.1 Å². The summed E-state index contributed by atoms with van der Waals surface area (Å²) in [5, 5.41) is 7.51. The summed E-state index contributed by atoms with van der Waals surface area (Å²) in [4.78, 5) is 17.4. The Hall–Kier alpha value is -3.03. The number of hydrogen-bond donors (Lipinski definition) is 1. The number of hydrogen-bond acceptors (Lipinski definition) is 7. The van der Waals surface area contributed by atoms with Crippen LogP contribution in [0.2, 0.25) is 0 Å². The van der Waals surface area contributed by atoms with E-state index in [2.05, 4.69) is 22.3 Å². The van der Waals surface area contributed by atoms with E-state index in [1.165, 1.54) is 32.0 Å². The van der Waals surface area contributed by atoms with Gasteiger partial charge >= 0.3 is 5.97 Å². The van der Waals surface area contributed by atoms with Crippen molar-refractivity contribution < 1.29 is 19.0 Å². The van der Waals surface area contributed by atoms with Crippen molar-refractivity contribution in [1.82, 2.24) is 14.8 Å². The van der Waals surface area contributed by atoms with Crippen LogP contribution in [0, 0.1) is 0 Å². The molecule has 1 aliphatic heterocycles. The van der Waals surface area contributed by atoms with Crippen molar-refractivity contribution in [3.8, 4) is 11.5 Å². The summed E-state index contributed by atoms with van der Waals surface area (Å²) in [6, 6.07) is 4.95. The van der Waals surface area contributed by atoms with Gasteiger partial charge in [-0.1, -0.05) is 39.0 Å². The van der Waals surface area contributed by atoms with Gasteiger partial charge in [0.25, 0.3) is 0 Å². The summed E-state index contributed by atoms with van der Waals surface area (Å²) >= 11 is 0. The second-order valence-corrected chi connectivity index (χ2v) is 7.61. The molecule has 1 aliphatic rings. The third-order valence-electron chi connectivity index (χ3n) is 5.48. The van der Waals surface area contributed by atoms with Gasteiger partial charge in [0.05, 0.1) is 26.4 Å². The monoisotopic (exact) mass is 428 g/mol. The van der Waals surface area contributed by atoms with Crippen molar-refractivity contribution in [1.29, 1.82) is 0 Å². The zero-order chi connectivity index (χ0) is 22.2. The maximum Gasteiger partial charge on any atom is 0.338 e. The molecule has 0 fully saturated rings. The van der Waals surface area contributed by atoms with Crippen LogP contribution < -0.4 is 14.8 Å². The zero-order valence-electron chi connectivity index (χ0n) is 18.8. The Morgan fingerprint density at radius 3 is 2.65 bits per heavy atom. The minimum absolute atomic E-state index is 0.366. The van der Waals surface area contributed by atoms with Gasteiger partial charge in [0.2, 0.25) is 5.95 Å². The number of rotatable bonds is 11. The number of nitrogens with zero attached hydrogens (tertiary/aromatic N) is 3. The van der Waals surface area contributed by atoms with Gasteiger partial charge in [-0.05, 0) is 31.5 Å².